The highest BCUT2D eigenvalue weighted by molar-refractivity contribution is 5.10. The van der Waals surface area contributed by atoms with Gasteiger partial charge in [-0.15, -0.1) is 0 Å². The lowest BCUT2D eigenvalue weighted by Crippen LogP contribution is -2.26. The van der Waals surface area contributed by atoms with E-state index >= 15 is 0 Å². The van der Waals surface area contributed by atoms with Crippen LogP contribution < -0.4 is 5.32 Å². The molecule has 0 spiro atoms. The summed E-state index contributed by atoms with van der Waals surface area (Å²) >= 11 is 0. The van der Waals surface area contributed by atoms with Crippen LogP contribution in [0.25, 0.3) is 0 Å². The minimum Gasteiger partial charge on any atom is -0.465 e. The number of nitrogens with one attached hydrogen (secondary N) is 1. The Kier molecular flexibility index (Phi) is 2.17. The van der Waals surface area contributed by atoms with Crippen LogP contribution >= 0.6 is 0 Å². The Morgan fingerprint density at radius 3 is 2.92 bits per heavy atom. The number of hydrogen-bond acceptors (Lipinski definition) is 2. The summed E-state index contributed by atoms with van der Waals surface area (Å²) in [6.07, 6.45) is 3.83. The van der Waals surface area contributed by atoms with E-state index in [0.29, 0.717) is 6.04 Å². The smallest absolute Gasteiger partial charge is 0.121 e. The van der Waals surface area contributed by atoms with Crippen LogP contribution in [-0.2, 0) is 0 Å². The third-order valence-electron chi connectivity index (χ3n) is 2.41. The van der Waals surface area contributed by atoms with Crippen molar-refractivity contribution in [1.29, 1.82) is 0 Å². The van der Waals surface area contributed by atoms with Crippen molar-refractivity contribution < 1.29 is 4.42 Å². The van der Waals surface area contributed by atoms with Gasteiger partial charge in [-0.2, -0.15) is 0 Å². The fourth-order valence-corrected chi connectivity index (χ4v) is 1.74. The Morgan fingerprint density at radius 1 is 1.42 bits per heavy atom. The van der Waals surface area contributed by atoms with Crippen LogP contribution in [-0.4, -0.2) is 6.54 Å². The number of piperidine rings is 1. The van der Waals surface area contributed by atoms with E-state index < -0.39 is 0 Å². The van der Waals surface area contributed by atoms with Crippen LogP contribution in [0, 0.1) is 6.92 Å². The molecule has 1 atom stereocenters. The Balaban J connectivity index is 2.08. The monoisotopic (exact) mass is 165 g/mol. The van der Waals surface area contributed by atoms with Gasteiger partial charge in [0.05, 0.1) is 6.04 Å². The van der Waals surface area contributed by atoms with Gasteiger partial charge in [0.15, 0.2) is 0 Å². The molecule has 1 aliphatic rings. The zero-order valence-electron chi connectivity index (χ0n) is 7.47. The van der Waals surface area contributed by atoms with Gasteiger partial charge in [0.25, 0.3) is 0 Å². The Hall–Kier alpha value is -0.760. The molecule has 66 valence electrons. The van der Waals surface area contributed by atoms with Crippen molar-refractivity contribution in [1.82, 2.24) is 5.32 Å². The molecule has 0 aliphatic carbocycles. The third kappa shape index (κ3) is 1.53. The molecule has 2 nitrogen and oxygen atoms in total. The number of furan rings is 1. The molecule has 0 amide bonds. The number of aryl methyl sites for hydroxylation is 1. The second kappa shape index (κ2) is 3.31. The zero-order valence-corrected chi connectivity index (χ0v) is 7.47. The molecule has 0 aromatic carbocycles. The van der Waals surface area contributed by atoms with Crippen molar-refractivity contribution in [2.24, 2.45) is 0 Å². The van der Waals surface area contributed by atoms with E-state index in [4.69, 9.17) is 4.42 Å². The summed E-state index contributed by atoms with van der Waals surface area (Å²) in [6, 6.07) is 4.58. The topological polar surface area (TPSA) is 25.2 Å². The first kappa shape index (κ1) is 7.87. The van der Waals surface area contributed by atoms with E-state index in [9.17, 15) is 0 Å². The van der Waals surface area contributed by atoms with Gasteiger partial charge in [-0.1, -0.05) is 6.42 Å². The van der Waals surface area contributed by atoms with Gasteiger partial charge in [0, 0.05) is 0 Å². The molecule has 2 heteroatoms. The van der Waals surface area contributed by atoms with Crippen molar-refractivity contribution in [2.75, 3.05) is 6.54 Å². The van der Waals surface area contributed by atoms with Crippen LogP contribution in [0.2, 0.25) is 0 Å². The fraction of sp³-hybridized carbons (Fsp3) is 0.600. The molecule has 0 saturated carbocycles. The van der Waals surface area contributed by atoms with Gasteiger partial charge in [-0.05, 0) is 38.4 Å². The number of hydrogen-bond donors (Lipinski definition) is 1. The molecule has 0 bridgehead atoms. The molecule has 1 saturated heterocycles. The molecule has 1 aliphatic heterocycles. The molecular weight excluding hydrogens is 150 g/mol. The molecule has 12 heavy (non-hydrogen) atoms. The normalized spacial score (nSPS) is 24.2. The molecule has 0 unspecified atom stereocenters. The average molecular weight is 165 g/mol. The summed E-state index contributed by atoms with van der Waals surface area (Å²) in [5, 5.41) is 3.45. The van der Waals surface area contributed by atoms with E-state index in [-0.39, 0.29) is 0 Å². The van der Waals surface area contributed by atoms with Crippen molar-refractivity contribution in [3.63, 3.8) is 0 Å². The molecule has 2 heterocycles. The lowest BCUT2D eigenvalue weighted by Gasteiger charge is -2.21. The summed E-state index contributed by atoms with van der Waals surface area (Å²) in [4.78, 5) is 0. The number of rotatable bonds is 1. The third-order valence-corrected chi connectivity index (χ3v) is 2.41. The Morgan fingerprint density at radius 2 is 2.33 bits per heavy atom. The first-order valence-corrected chi connectivity index (χ1v) is 4.66. The molecule has 1 fully saturated rings. The average Bonchev–Trinajstić information content (AvgIpc) is 2.54. The molecule has 0 radical (unpaired) electrons. The van der Waals surface area contributed by atoms with Crippen molar-refractivity contribution in [2.45, 2.75) is 32.2 Å². The summed E-state index contributed by atoms with van der Waals surface area (Å²) in [7, 11) is 0. The quantitative estimate of drug-likeness (QED) is 0.691. The highest BCUT2D eigenvalue weighted by Gasteiger charge is 2.16. The van der Waals surface area contributed by atoms with E-state index in [1.807, 2.05) is 13.0 Å². The minimum absolute atomic E-state index is 0.465. The van der Waals surface area contributed by atoms with E-state index in [1.165, 1.54) is 19.3 Å². The summed E-state index contributed by atoms with van der Waals surface area (Å²) in [5.74, 6) is 2.12. The molecular formula is C10H15NO. The van der Waals surface area contributed by atoms with E-state index in [0.717, 1.165) is 18.1 Å². The molecule has 1 N–H and O–H groups in total. The van der Waals surface area contributed by atoms with Gasteiger partial charge in [0.1, 0.15) is 11.5 Å². The first-order valence-electron chi connectivity index (χ1n) is 4.66. The van der Waals surface area contributed by atoms with Gasteiger partial charge in [-0.3, -0.25) is 0 Å². The maximum Gasteiger partial charge on any atom is 0.121 e. The summed E-state index contributed by atoms with van der Waals surface area (Å²) < 4.78 is 5.56. The van der Waals surface area contributed by atoms with Gasteiger partial charge < -0.3 is 9.73 Å². The highest BCUT2D eigenvalue weighted by atomic mass is 16.3. The van der Waals surface area contributed by atoms with Gasteiger partial charge in [-0.25, -0.2) is 0 Å². The van der Waals surface area contributed by atoms with Gasteiger partial charge in [0.2, 0.25) is 0 Å². The SMILES string of the molecule is Cc1ccc([C@@H]2CCCCN2)o1. The largest absolute Gasteiger partial charge is 0.465 e. The van der Waals surface area contributed by atoms with Crippen LogP contribution in [0.1, 0.15) is 36.8 Å². The summed E-state index contributed by atoms with van der Waals surface area (Å²) in [6.45, 7) is 3.12. The highest BCUT2D eigenvalue weighted by Crippen LogP contribution is 2.23. The van der Waals surface area contributed by atoms with E-state index in [1.54, 1.807) is 0 Å². The molecule has 2 rings (SSSR count). The maximum atomic E-state index is 5.56. The van der Waals surface area contributed by atoms with Crippen molar-refractivity contribution in [3.8, 4) is 0 Å². The second-order valence-corrected chi connectivity index (χ2v) is 3.45. The molecule has 1 aromatic rings. The van der Waals surface area contributed by atoms with Crippen molar-refractivity contribution in [3.05, 3.63) is 23.7 Å². The lowest BCUT2D eigenvalue weighted by molar-refractivity contribution is 0.343. The van der Waals surface area contributed by atoms with Crippen LogP contribution in [0.15, 0.2) is 16.5 Å². The minimum atomic E-state index is 0.465. The zero-order chi connectivity index (χ0) is 8.39. The van der Waals surface area contributed by atoms with Crippen molar-refractivity contribution >= 4 is 0 Å². The fourth-order valence-electron chi connectivity index (χ4n) is 1.74. The standard InChI is InChI=1S/C10H15NO/c1-8-5-6-10(12-8)9-4-2-3-7-11-9/h5-6,9,11H,2-4,7H2,1H3/t9-/m0/s1. The predicted octanol–water partition coefficient (Wildman–Crippen LogP) is 2.40. The first-order chi connectivity index (χ1) is 5.86. The Labute approximate surface area is 73.0 Å². The molecule has 1 aromatic heterocycles. The van der Waals surface area contributed by atoms with Gasteiger partial charge >= 0.3 is 0 Å². The second-order valence-electron chi connectivity index (χ2n) is 3.45. The predicted molar refractivity (Wildman–Crippen MR) is 48.0 cm³/mol. The Bertz CT molecular complexity index is 248. The van der Waals surface area contributed by atoms with Crippen LogP contribution in [0.4, 0.5) is 0 Å². The van der Waals surface area contributed by atoms with Crippen LogP contribution in [0.5, 0.6) is 0 Å². The maximum absolute atomic E-state index is 5.56. The van der Waals surface area contributed by atoms with Crippen LogP contribution in [0.3, 0.4) is 0 Å². The lowest BCUT2D eigenvalue weighted by atomic mass is 10.0. The summed E-state index contributed by atoms with van der Waals surface area (Å²) in [5.41, 5.74) is 0. The van der Waals surface area contributed by atoms with E-state index in [2.05, 4.69) is 11.4 Å².